The second-order valence-corrected chi connectivity index (χ2v) is 5.77. The Morgan fingerprint density at radius 1 is 1.20 bits per heavy atom. The van der Waals surface area contributed by atoms with Crippen molar-refractivity contribution in [1.82, 2.24) is 14.6 Å². The first-order chi connectivity index (χ1) is 11.7. The zero-order valence-corrected chi connectivity index (χ0v) is 13.9. The van der Waals surface area contributed by atoms with Gasteiger partial charge in [-0.1, -0.05) is 12.1 Å². The Bertz CT molecular complexity index is 986. The van der Waals surface area contributed by atoms with E-state index < -0.39 is 18.2 Å². The first kappa shape index (κ1) is 17.1. The highest BCUT2D eigenvalue weighted by Gasteiger charge is 2.31. The fraction of sp³-hybridized carbons (Fsp3) is 0.294. The van der Waals surface area contributed by atoms with Crippen molar-refractivity contribution in [2.45, 2.75) is 26.4 Å². The minimum atomic E-state index is -4.47. The van der Waals surface area contributed by atoms with Gasteiger partial charge in [0.15, 0.2) is 5.65 Å². The minimum absolute atomic E-state index is 0.0797. The standard InChI is InChI=1S/C17H16F3N3O2/c1-9-13(8-17(18,19)20)16(24)23-15(21-9)14(10(2)22-23)11-4-6-12(25-3)7-5-11/h4-7,22H,8H2,1-3H3. The van der Waals surface area contributed by atoms with Crippen LogP contribution in [0.25, 0.3) is 16.8 Å². The molecule has 1 aromatic carbocycles. The number of rotatable bonds is 3. The summed E-state index contributed by atoms with van der Waals surface area (Å²) in [6.45, 7) is 3.16. The number of nitrogens with zero attached hydrogens (tertiary/aromatic N) is 2. The summed E-state index contributed by atoms with van der Waals surface area (Å²) in [6, 6.07) is 7.14. The summed E-state index contributed by atoms with van der Waals surface area (Å²) >= 11 is 0. The predicted molar refractivity (Wildman–Crippen MR) is 87.0 cm³/mol. The van der Waals surface area contributed by atoms with Crippen LogP contribution in [0.4, 0.5) is 13.2 Å². The maximum Gasteiger partial charge on any atom is 0.393 e. The molecule has 2 heterocycles. The largest absolute Gasteiger partial charge is 0.497 e. The van der Waals surface area contributed by atoms with Gasteiger partial charge in [-0.25, -0.2) is 9.50 Å². The van der Waals surface area contributed by atoms with E-state index in [0.717, 1.165) is 10.1 Å². The van der Waals surface area contributed by atoms with Gasteiger partial charge in [0.05, 0.1) is 13.5 Å². The molecule has 0 atom stereocenters. The van der Waals surface area contributed by atoms with Gasteiger partial charge >= 0.3 is 6.18 Å². The molecule has 0 saturated heterocycles. The van der Waals surface area contributed by atoms with E-state index in [1.165, 1.54) is 6.92 Å². The van der Waals surface area contributed by atoms with Crippen molar-refractivity contribution in [1.29, 1.82) is 0 Å². The topological polar surface area (TPSA) is 59.4 Å². The number of aromatic amines is 1. The maximum absolute atomic E-state index is 12.7. The molecule has 0 radical (unpaired) electrons. The number of nitrogens with one attached hydrogen (secondary N) is 1. The van der Waals surface area contributed by atoms with Crippen molar-refractivity contribution in [3.05, 3.63) is 51.6 Å². The lowest BCUT2D eigenvalue weighted by molar-refractivity contribution is -0.127. The zero-order valence-electron chi connectivity index (χ0n) is 13.9. The number of H-pyrrole nitrogens is 1. The molecule has 25 heavy (non-hydrogen) atoms. The van der Waals surface area contributed by atoms with E-state index in [0.29, 0.717) is 22.7 Å². The van der Waals surface area contributed by atoms with Crippen molar-refractivity contribution < 1.29 is 17.9 Å². The SMILES string of the molecule is COc1ccc(-c2c(C)[nH]n3c(=O)c(CC(F)(F)F)c(C)nc23)cc1. The molecule has 3 rings (SSSR count). The second-order valence-electron chi connectivity index (χ2n) is 5.77. The van der Waals surface area contributed by atoms with E-state index in [1.807, 2.05) is 0 Å². The van der Waals surface area contributed by atoms with Crippen LogP contribution >= 0.6 is 0 Å². The highest BCUT2D eigenvalue weighted by Crippen LogP contribution is 2.29. The number of alkyl halides is 3. The number of ether oxygens (including phenoxy) is 1. The molecule has 1 N–H and O–H groups in total. The first-order valence-electron chi connectivity index (χ1n) is 7.53. The third-order valence-electron chi connectivity index (χ3n) is 4.02. The van der Waals surface area contributed by atoms with Crippen LogP contribution in [0.15, 0.2) is 29.1 Å². The van der Waals surface area contributed by atoms with Crippen LogP contribution in [-0.2, 0) is 6.42 Å². The van der Waals surface area contributed by atoms with Gasteiger partial charge in [-0.05, 0) is 31.5 Å². The van der Waals surface area contributed by atoms with Gasteiger partial charge in [-0.15, -0.1) is 0 Å². The Balaban J connectivity index is 2.22. The normalized spacial score (nSPS) is 11.9. The van der Waals surface area contributed by atoms with Crippen LogP contribution in [-0.4, -0.2) is 27.9 Å². The van der Waals surface area contributed by atoms with Gasteiger partial charge in [0.1, 0.15) is 5.75 Å². The van der Waals surface area contributed by atoms with Gasteiger partial charge in [-0.3, -0.25) is 9.89 Å². The Morgan fingerprint density at radius 2 is 1.84 bits per heavy atom. The molecule has 8 heteroatoms. The lowest BCUT2D eigenvalue weighted by Crippen LogP contribution is -2.26. The van der Waals surface area contributed by atoms with Gasteiger partial charge in [0, 0.05) is 22.5 Å². The number of hydrogen-bond donors (Lipinski definition) is 1. The quantitative estimate of drug-likeness (QED) is 0.787. The molecule has 5 nitrogen and oxygen atoms in total. The highest BCUT2D eigenvalue weighted by atomic mass is 19.4. The molecule has 132 valence electrons. The number of halogens is 3. The van der Waals surface area contributed by atoms with Gasteiger partial charge in [-0.2, -0.15) is 13.2 Å². The lowest BCUT2D eigenvalue weighted by Gasteiger charge is -2.09. The molecule has 0 fully saturated rings. The third kappa shape index (κ3) is 3.11. The van der Waals surface area contributed by atoms with E-state index >= 15 is 0 Å². The fourth-order valence-electron chi connectivity index (χ4n) is 2.83. The summed E-state index contributed by atoms with van der Waals surface area (Å²) in [5, 5.41) is 2.82. The molecule has 0 amide bonds. The van der Waals surface area contributed by atoms with E-state index in [2.05, 4.69) is 10.1 Å². The highest BCUT2D eigenvalue weighted by molar-refractivity contribution is 5.80. The summed E-state index contributed by atoms with van der Waals surface area (Å²) in [7, 11) is 1.55. The molecule has 0 aliphatic heterocycles. The molecule has 0 aliphatic carbocycles. The Morgan fingerprint density at radius 3 is 2.40 bits per heavy atom. The summed E-state index contributed by atoms with van der Waals surface area (Å²) in [4.78, 5) is 16.8. The fourth-order valence-corrected chi connectivity index (χ4v) is 2.83. The monoisotopic (exact) mass is 351 g/mol. The summed E-state index contributed by atoms with van der Waals surface area (Å²) in [5.41, 5.74) is 1.38. The molecule has 0 unspecified atom stereocenters. The van der Waals surface area contributed by atoms with Gasteiger partial charge in [0.25, 0.3) is 5.56 Å². The number of aryl methyl sites for hydroxylation is 2. The van der Waals surface area contributed by atoms with E-state index in [4.69, 9.17) is 4.74 Å². The third-order valence-corrected chi connectivity index (χ3v) is 4.02. The lowest BCUT2D eigenvalue weighted by atomic mass is 10.1. The molecule has 0 saturated carbocycles. The maximum atomic E-state index is 12.7. The van der Waals surface area contributed by atoms with Crippen LogP contribution in [0, 0.1) is 13.8 Å². The molecule has 0 spiro atoms. The van der Waals surface area contributed by atoms with Crippen molar-refractivity contribution in [2.75, 3.05) is 7.11 Å². The molecule has 0 bridgehead atoms. The van der Waals surface area contributed by atoms with E-state index in [9.17, 15) is 18.0 Å². The Labute approximate surface area is 141 Å². The smallest absolute Gasteiger partial charge is 0.393 e. The summed E-state index contributed by atoms with van der Waals surface area (Å²) < 4.78 is 44.4. The molecule has 0 aliphatic rings. The predicted octanol–water partition coefficient (Wildman–Crippen LogP) is 3.42. The van der Waals surface area contributed by atoms with Gasteiger partial charge in [0.2, 0.25) is 0 Å². The second kappa shape index (κ2) is 5.94. The van der Waals surface area contributed by atoms with Crippen LogP contribution in [0.5, 0.6) is 5.75 Å². The molecular weight excluding hydrogens is 335 g/mol. The van der Waals surface area contributed by atoms with Crippen molar-refractivity contribution in [3.8, 4) is 16.9 Å². The van der Waals surface area contributed by atoms with E-state index in [1.54, 1.807) is 38.3 Å². The van der Waals surface area contributed by atoms with Crippen LogP contribution in [0.1, 0.15) is 17.0 Å². The number of hydrogen-bond acceptors (Lipinski definition) is 3. The van der Waals surface area contributed by atoms with Crippen molar-refractivity contribution in [3.63, 3.8) is 0 Å². The van der Waals surface area contributed by atoms with Crippen LogP contribution in [0.2, 0.25) is 0 Å². The first-order valence-corrected chi connectivity index (χ1v) is 7.53. The minimum Gasteiger partial charge on any atom is -0.497 e. The molecule has 3 aromatic rings. The van der Waals surface area contributed by atoms with Crippen LogP contribution in [0.3, 0.4) is 0 Å². The van der Waals surface area contributed by atoms with Crippen LogP contribution < -0.4 is 10.3 Å². The Hall–Kier alpha value is -2.77. The van der Waals surface area contributed by atoms with E-state index in [-0.39, 0.29) is 11.3 Å². The molecule has 2 aromatic heterocycles. The summed E-state index contributed by atoms with van der Waals surface area (Å²) in [6.07, 6.45) is -5.77. The van der Waals surface area contributed by atoms with Crippen molar-refractivity contribution in [2.24, 2.45) is 0 Å². The van der Waals surface area contributed by atoms with Crippen molar-refractivity contribution >= 4 is 5.65 Å². The molecular formula is C17H16F3N3O2. The average Bonchev–Trinajstić information content (AvgIpc) is 2.87. The number of fused-ring (bicyclic) bond motifs is 1. The number of benzene rings is 1. The average molecular weight is 351 g/mol. The van der Waals surface area contributed by atoms with Gasteiger partial charge < -0.3 is 4.74 Å². The zero-order chi connectivity index (χ0) is 18.4. The Kier molecular flexibility index (Phi) is 4.06. The number of aromatic nitrogens is 3. The summed E-state index contributed by atoms with van der Waals surface area (Å²) in [5.74, 6) is 0.676. The number of methoxy groups -OCH3 is 1.